The van der Waals surface area contributed by atoms with Crippen molar-refractivity contribution in [3.05, 3.63) is 23.5 Å². The van der Waals surface area contributed by atoms with Gasteiger partial charge in [-0.3, -0.25) is 4.98 Å². The van der Waals surface area contributed by atoms with Gasteiger partial charge < -0.3 is 14.8 Å². The number of rotatable bonds is 3. The molecule has 1 aromatic heterocycles. The highest BCUT2D eigenvalue weighted by Gasteiger charge is 2.28. The molecule has 0 aromatic carbocycles. The van der Waals surface area contributed by atoms with Crippen molar-refractivity contribution in [3.63, 3.8) is 0 Å². The van der Waals surface area contributed by atoms with E-state index in [1.807, 2.05) is 0 Å². The Bertz CT molecular complexity index is 385. The number of nitrogens with one attached hydrogen (secondary N) is 1. The molecule has 1 N–H and O–H groups in total. The summed E-state index contributed by atoms with van der Waals surface area (Å²) in [5, 5.41) is 3.85. The maximum atomic E-state index is 5.95. The Kier molecular flexibility index (Phi) is 3.86. The zero-order valence-electron chi connectivity index (χ0n) is 10.1. The quantitative estimate of drug-likeness (QED) is 0.897. The van der Waals surface area contributed by atoms with E-state index in [9.17, 15) is 0 Å². The van der Waals surface area contributed by atoms with Gasteiger partial charge in [-0.1, -0.05) is 11.6 Å². The highest BCUT2D eigenvalue weighted by Crippen LogP contribution is 2.23. The minimum atomic E-state index is -0.145. The topological polar surface area (TPSA) is 43.4 Å². The van der Waals surface area contributed by atoms with Gasteiger partial charge >= 0.3 is 0 Å². The molecule has 2 heterocycles. The fourth-order valence-electron chi connectivity index (χ4n) is 1.82. The summed E-state index contributed by atoms with van der Waals surface area (Å²) in [7, 11) is 0. The van der Waals surface area contributed by atoms with Crippen molar-refractivity contribution >= 4 is 11.6 Å². The van der Waals surface area contributed by atoms with E-state index < -0.39 is 0 Å². The van der Waals surface area contributed by atoms with E-state index in [0.717, 1.165) is 13.1 Å². The van der Waals surface area contributed by atoms with Crippen LogP contribution in [0.2, 0.25) is 5.02 Å². The van der Waals surface area contributed by atoms with E-state index in [4.69, 9.17) is 21.1 Å². The van der Waals surface area contributed by atoms with Gasteiger partial charge in [-0.15, -0.1) is 0 Å². The second kappa shape index (κ2) is 5.21. The Morgan fingerprint density at radius 3 is 3.18 bits per heavy atom. The van der Waals surface area contributed by atoms with Crippen LogP contribution in [0.3, 0.4) is 0 Å². The third-order valence-corrected chi connectivity index (χ3v) is 2.85. The molecule has 1 aromatic rings. The minimum absolute atomic E-state index is 0.0444. The van der Waals surface area contributed by atoms with E-state index >= 15 is 0 Å². The summed E-state index contributed by atoms with van der Waals surface area (Å²) >= 11 is 5.95. The highest BCUT2D eigenvalue weighted by molar-refractivity contribution is 6.31. The van der Waals surface area contributed by atoms with Gasteiger partial charge in [-0.05, 0) is 13.8 Å². The average Bonchev–Trinajstić information content (AvgIpc) is 2.27. The fourth-order valence-corrected chi connectivity index (χ4v) is 2.00. The highest BCUT2D eigenvalue weighted by atomic mass is 35.5. The SMILES string of the molecule is CC1(C)CNCC(COc2ccncc2Cl)O1. The summed E-state index contributed by atoms with van der Waals surface area (Å²) in [5.41, 5.74) is -0.145. The number of pyridine rings is 1. The van der Waals surface area contributed by atoms with Crippen LogP contribution in [0.15, 0.2) is 18.5 Å². The molecule has 0 spiro atoms. The maximum absolute atomic E-state index is 5.95. The van der Waals surface area contributed by atoms with Crippen LogP contribution in [0, 0.1) is 0 Å². The van der Waals surface area contributed by atoms with E-state index in [1.165, 1.54) is 0 Å². The predicted molar refractivity (Wildman–Crippen MR) is 66.6 cm³/mol. The Hall–Kier alpha value is -0.840. The van der Waals surface area contributed by atoms with Crippen molar-refractivity contribution in [3.8, 4) is 5.75 Å². The van der Waals surface area contributed by atoms with Crippen LogP contribution in [-0.2, 0) is 4.74 Å². The number of ether oxygens (including phenoxy) is 2. The van der Waals surface area contributed by atoms with Crippen LogP contribution in [0.1, 0.15) is 13.8 Å². The lowest BCUT2D eigenvalue weighted by Gasteiger charge is -2.36. The van der Waals surface area contributed by atoms with E-state index in [-0.39, 0.29) is 11.7 Å². The van der Waals surface area contributed by atoms with Gasteiger partial charge in [0.15, 0.2) is 0 Å². The van der Waals surface area contributed by atoms with Gasteiger partial charge in [0, 0.05) is 31.5 Å². The number of halogens is 1. The Morgan fingerprint density at radius 2 is 2.47 bits per heavy atom. The van der Waals surface area contributed by atoms with Gasteiger partial charge in [0.1, 0.15) is 23.5 Å². The first kappa shape index (κ1) is 12.6. The summed E-state index contributed by atoms with van der Waals surface area (Å²) in [6.45, 7) is 6.27. The van der Waals surface area contributed by atoms with Crippen molar-refractivity contribution in [1.82, 2.24) is 10.3 Å². The Labute approximate surface area is 106 Å². The number of aromatic nitrogens is 1. The third kappa shape index (κ3) is 3.56. The van der Waals surface area contributed by atoms with Crippen LogP contribution in [0.4, 0.5) is 0 Å². The third-order valence-electron chi connectivity index (χ3n) is 2.57. The molecule has 17 heavy (non-hydrogen) atoms. The second-order valence-corrected chi connectivity index (χ2v) is 5.15. The van der Waals surface area contributed by atoms with Crippen molar-refractivity contribution in [2.45, 2.75) is 25.6 Å². The zero-order chi connectivity index (χ0) is 12.3. The minimum Gasteiger partial charge on any atom is -0.489 e. The van der Waals surface area contributed by atoms with Crippen molar-refractivity contribution in [2.75, 3.05) is 19.7 Å². The molecule has 0 bridgehead atoms. The molecule has 2 rings (SSSR count). The zero-order valence-corrected chi connectivity index (χ0v) is 10.8. The average molecular weight is 257 g/mol. The van der Waals surface area contributed by atoms with Gasteiger partial charge in [-0.25, -0.2) is 0 Å². The summed E-state index contributed by atoms with van der Waals surface area (Å²) in [6.07, 6.45) is 3.27. The molecular formula is C12H17ClN2O2. The number of morpholine rings is 1. The molecule has 0 aliphatic carbocycles. The first-order chi connectivity index (χ1) is 8.07. The molecule has 1 aliphatic rings. The largest absolute Gasteiger partial charge is 0.489 e. The fraction of sp³-hybridized carbons (Fsp3) is 0.583. The molecule has 94 valence electrons. The van der Waals surface area contributed by atoms with Gasteiger partial charge in [0.25, 0.3) is 0 Å². The first-order valence-electron chi connectivity index (χ1n) is 5.68. The van der Waals surface area contributed by atoms with Crippen LogP contribution in [0.25, 0.3) is 0 Å². The molecule has 1 saturated heterocycles. The van der Waals surface area contributed by atoms with E-state index in [0.29, 0.717) is 17.4 Å². The molecule has 1 fully saturated rings. The van der Waals surface area contributed by atoms with Gasteiger partial charge in [0.05, 0.1) is 5.60 Å². The number of hydrogen-bond donors (Lipinski definition) is 1. The summed E-state index contributed by atoms with van der Waals surface area (Å²) in [6, 6.07) is 1.75. The van der Waals surface area contributed by atoms with Crippen molar-refractivity contribution in [1.29, 1.82) is 0 Å². The molecule has 1 unspecified atom stereocenters. The van der Waals surface area contributed by atoms with Crippen LogP contribution in [-0.4, -0.2) is 36.4 Å². The monoisotopic (exact) mass is 256 g/mol. The molecule has 0 saturated carbocycles. The standard InChI is InChI=1S/C12H17ClN2O2/c1-12(2)8-15-5-9(17-12)7-16-11-3-4-14-6-10(11)13/h3-4,6,9,15H,5,7-8H2,1-2H3. The second-order valence-electron chi connectivity index (χ2n) is 4.75. The lowest BCUT2D eigenvalue weighted by Crippen LogP contribution is -2.52. The van der Waals surface area contributed by atoms with Crippen LogP contribution >= 0.6 is 11.6 Å². The molecule has 0 radical (unpaired) electrons. The molecule has 4 nitrogen and oxygen atoms in total. The van der Waals surface area contributed by atoms with Gasteiger partial charge in [-0.2, -0.15) is 0 Å². The molecule has 1 aliphatic heterocycles. The lowest BCUT2D eigenvalue weighted by atomic mass is 10.1. The maximum Gasteiger partial charge on any atom is 0.141 e. The van der Waals surface area contributed by atoms with E-state index in [2.05, 4.69) is 24.1 Å². The Morgan fingerprint density at radius 1 is 1.65 bits per heavy atom. The van der Waals surface area contributed by atoms with Crippen LogP contribution < -0.4 is 10.1 Å². The molecule has 1 atom stereocenters. The predicted octanol–water partition coefficient (Wildman–Crippen LogP) is 1.88. The normalized spacial score (nSPS) is 23.4. The first-order valence-corrected chi connectivity index (χ1v) is 6.05. The molecule has 0 amide bonds. The summed E-state index contributed by atoms with van der Waals surface area (Å²) < 4.78 is 11.5. The number of hydrogen-bond acceptors (Lipinski definition) is 4. The Balaban J connectivity index is 1.88. The smallest absolute Gasteiger partial charge is 0.141 e. The van der Waals surface area contributed by atoms with Crippen LogP contribution in [0.5, 0.6) is 5.75 Å². The lowest BCUT2D eigenvalue weighted by molar-refractivity contribution is -0.106. The van der Waals surface area contributed by atoms with Crippen molar-refractivity contribution in [2.24, 2.45) is 0 Å². The molecule has 5 heteroatoms. The summed E-state index contributed by atoms with van der Waals surface area (Å²) in [4.78, 5) is 3.91. The van der Waals surface area contributed by atoms with Crippen molar-refractivity contribution < 1.29 is 9.47 Å². The molecular weight excluding hydrogens is 240 g/mol. The van der Waals surface area contributed by atoms with E-state index in [1.54, 1.807) is 18.5 Å². The number of nitrogens with zero attached hydrogens (tertiary/aromatic N) is 1. The van der Waals surface area contributed by atoms with Gasteiger partial charge in [0.2, 0.25) is 0 Å². The summed E-state index contributed by atoms with van der Waals surface area (Å²) in [5.74, 6) is 0.647.